The van der Waals surface area contributed by atoms with Crippen molar-refractivity contribution in [3.63, 3.8) is 0 Å². The van der Waals surface area contributed by atoms with Crippen molar-refractivity contribution in [3.8, 4) is 5.75 Å². The first kappa shape index (κ1) is 16.2. The predicted octanol–water partition coefficient (Wildman–Crippen LogP) is 1.53. The molecular formula is C14H21N3O2S. The van der Waals surface area contributed by atoms with Crippen molar-refractivity contribution in [3.05, 3.63) is 29.8 Å². The molecule has 0 aliphatic rings. The molecular weight excluding hydrogens is 274 g/mol. The van der Waals surface area contributed by atoms with Crippen LogP contribution >= 0.6 is 12.2 Å². The van der Waals surface area contributed by atoms with Crippen molar-refractivity contribution in [2.45, 2.75) is 32.7 Å². The van der Waals surface area contributed by atoms with Gasteiger partial charge in [0.05, 0.1) is 13.5 Å². The zero-order chi connectivity index (χ0) is 15.2. The third-order valence-electron chi connectivity index (χ3n) is 2.30. The SMILES string of the molecule is COc1cccc(CC(=O)NNC(=S)NC(C)(C)C)c1. The summed E-state index contributed by atoms with van der Waals surface area (Å²) in [7, 11) is 1.59. The Labute approximate surface area is 125 Å². The lowest BCUT2D eigenvalue weighted by Gasteiger charge is -2.23. The molecule has 0 atom stereocenters. The Morgan fingerprint density at radius 1 is 1.30 bits per heavy atom. The monoisotopic (exact) mass is 295 g/mol. The van der Waals surface area contributed by atoms with Crippen molar-refractivity contribution in [1.29, 1.82) is 0 Å². The van der Waals surface area contributed by atoms with E-state index < -0.39 is 0 Å². The summed E-state index contributed by atoms with van der Waals surface area (Å²) in [4.78, 5) is 11.8. The van der Waals surface area contributed by atoms with Crippen molar-refractivity contribution >= 4 is 23.2 Å². The lowest BCUT2D eigenvalue weighted by molar-refractivity contribution is -0.121. The lowest BCUT2D eigenvalue weighted by Crippen LogP contribution is -2.52. The van der Waals surface area contributed by atoms with Crippen LogP contribution in [0.1, 0.15) is 26.3 Å². The predicted molar refractivity (Wildman–Crippen MR) is 83.5 cm³/mol. The number of hydrazine groups is 1. The maximum atomic E-state index is 11.8. The van der Waals surface area contributed by atoms with Crippen LogP contribution in [0.5, 0.6) is 5.75 Å². The lowest BCUT2D eigenvalue weighted by atomic mass is 10.1. The number of rotatable bonds is 3. The largest absolute Gasteiger partial charge is 0.497 e. The van der Waals surface area contributed by atoms with Crippen LogP contribution in [0.2, 0.25) is 0 Å². The fraction of sp³-hybridized carbons (Fsp3) is 0.429. The number of nitrogens with one attached hydrogen (secondary N) is 3. The number of benzene rings is 1. The summed E-state index contributed by atoms with van der Waals surface area (Å²) in [6, 6.07) is 7.38. The smallest absolute Gasteiger partial charge is 0.242 e. The molecule has 1 amide bonds. The zero-order valence-electron chi connectivity index (χ0n) is 12.2. The Bertz CT molecular complexity index is 484. The van der Waals surface area contributed by atoms with Gasteiger partial charge in [-0.3, -0.25) is 15.6 Å². The van der Waals surface area contributed by atoms with Gasteiger partial charge in [0, 0.05) is 5.54 Å². The Hall–Kier alpha value is -1.82. The molecule has 0 spiro atoms. The van der Waals surface area contributed by atoms with E-state index in [1.165, 1.54) is 0 Å². The van der Waals surface area contributed by atoms with Crippen LogP contribution in [0.15, 0.2) is 24.3 Å². The second kappa shape index (κ2) is 7.09. The van der Waals surface area contributed by atoms with Gasteiger partial charge in [0.15, 0.2) is 5.11 Å². The topological polar surface area (TPSA) is 62.4 Å². The number of carbonyl (C=O) groups is 1. The fourth-order valence-corrected chi connectivity index (χ4v) is 1.87. The molecule has 0 unspecified atom stereocenters. The Morgan fingerprint density at radius 2 is 2.00 bits per heavy atom. The number of carbonyl (C=O) groups excluding carboxylic acids is 1. The molecule has 1 aromatic carbocycles. The third kappa shape index (κ3) is 6.38. The average Bonchev–Trinajstić information content (AvgIpc) is 2.34. The molecule has 6 heteroatoms. The second-order valence-corrected chi connectivity index (χ2v) is 5.81. The van der Waals surface area contributed by atoms with Crippen molar-refractivity contribution < 1.29 is 9.53 Å². The van der Waals surface area contributed by atoms with Crippen LogP contribution in [0, 0.1) is 0 Å². The molecule has 3 N–H and O–H groups in total. The molecule has 0 heterocycles. The van der Waals surface area contributed by atoms with Crippen molar-refractivity contribution in [2.75, 3.05) is 7.11 Å². The summed E-state index contributed by atoms with van der Waals surface area (Å²) in [5, 5.41) is 3.43. The number of hydrogen-bond acceptors (Lipinski definition) is 3. The highest BCUT2D eigenvalue weighted by molar-refractivity contribution is 7.80. The van der Waals surface area contributed by atoms with E-state index in [9.17, 15) is 4.79 Å². The summed E-state index contributed by atoms with van der Waals surface area (Å²) < 4.78 is 5.11. The van der Waals surface area contributed by atoms with E-state index in [-0.39, 0.29) is 17.9 Å². The maximum Gasteiger partial charge on any atom is 0.242 e. The molecule has 0 saturated heterocycles. The number of amides is 1. The first-order valence-corrected chi connectivity index (χ1v) is 6.71. The van der Waals surface area contributed by atoms with Gasteiger partial charge in [-0.2, -0.15) is 0 Å². The molecule has 20 heavy (non-hydrogen) atoms. The number of hydrogen-bond donors (Lipinski definition) is 3. The van der Waals surface area contributed by atoms with Gasteiger partial charge in [-0.25, -0.2) is 0 Å². The van der Waals surface area contributed by atoms with Gasteiger partial charge in [0.25, 0.3) is 0 Å². The van der Waals surface area contributed by atoms with Gasteiger partial charge in [-0.15, -0.1) is 0 Å². The quantitative estimate of drug-likeness (QED) is 0.583. The van der Waals surface area contributed by atoms with Crippen molar-refractivity contribution in [1.82, 2.24) is 16.2 Å². The molecule has 110 valence electrons. The van der Waals surface area contributed by atoms with Gasteiger partial charge in [-0.05, 0) is 50.7 Å². The first-order valence-electron chi connectivity index (χ1n) is 6.30. The van der Waals surface area contributed by atoms with Crippen LogP contribution in [0.3, 0.4) is 0 Å². The standard InChI is InChI=1S/C14H21N3O2S/c1-14(2,3)15-13(20)17-16-12(18)9-10-6-5-7-11(8-10)19-4/h5-8H,9H2,1-4H3,(H,16,18)(H2,15,17,20). The number of ether oxygens (including phenoxy) is 1. The highest BCUT2D eigenvalue weighted by Gasteiger charge is 2.11. The van der Waals surface area contributed by atoms with E-state index in [0.29, 0.717) is 5.11 Å². The summed E-state index contributed by atoms with van der Waals surface area (Å²) in [5.41, 5.74) is 5.96. The highest BCUT2D eigenvalue weighted by Crippen LogP contribution is 2.12. The highest BCUT2D eigenvalue weighted by atomic mass is 32.1. The molecule has 1 rings (SSSR count). The van der Waals surface area contributed by atoms with Crippen LogP contribution in [-0.2, 0) is 11.2 Å². The second-order valence-electron chi connectivity index (χ2n) is 5.41. The molecule has 0 aliphatic carbocycles. The molecule has 0 fully saturated rings. The zero-order valence-corrected chi connectivity index (χ0v) is 13.1. The fourth-order valence-electron chi connectivity index (χ4n) is 1.51. The summed E-state index contributed by atoms with van der Waals surface area (Å²) in [5.74, 6) is 0.560. The number of methoxy groups -OCH3 is 1. The van der Waals surface area contributed by atoms with Gasteiger partial charge < -0.3 is 10.1 Å². The molecule has 0 aliphatic heterocycles. The van der Waals surface area contributed by atoms with E-state index in [1.54, 1.807) is 7.11 Å². The van der Waals surface area contributed by atoms with E-state index in [1.807, 2.05) is 45.0 Å². The minimum atomic E-state index is -0.170. The molecule has 0 radical (unpaired) electrons. The van der Waals surface area contributed by atoms with Gasteiger partial charge in [0.2, 0.25) is 5.91 Å². The average molecular weight is 295 g/mol. The van der Waals surface area contributed by atoms with Gasteiger partial charge >= 0.3 is 0 Å². The molecule has 0 saturated carbocycles. The van der Waals surface area contributed by atoms with E-state index >= 15 is 0 Å². The summed E-state index contributed by atoms with van der Waals surface area (Å²) in [6.45, 7) is 5.96. The minimum absolute atomic E-state index is 0.151. The van der Waals surface area contributed by atoms with Crippen LogP contribution < -0.4 is 20.9 Å². The Balaban J connectivity index is 2.42. The minimum Gasteiger partial charge on any atom is -0.497 e. The van der Waals surface area contributed by atoms with Gasteiger partial charge in [-0.1, -0.05) is 12.1 Å². The van der Waals surface area contributed by atoms with Crippen LogP contribution in [-0.4, -0.2) is 23.7 Å². The molecule has 0 bridgehead atoms. The van der Waals surface area contributed by atoms with Gasteiger partial charge in [0.1, 0.15) is 5.75 Å². The van der Waals surface area contributed by atoms with E-state index in [0.717, 1.165) is 11.3 Å². The van der Waals surface area contributed by atoms with E-state index in [2.05, 4.69) is 16.2 Å². The maximum absolute atomic E-state index is 11.8. The molecule has 5 nitrogen and oxygen atoms in total. The molecule has 0 aromatic heterocycles. The van der Waals surface area contributed by atoms with Crippen molar-refractivity contribution in [2.24, 2.45) is 0 Å². The normalized spacial score (nSPS) is 10.6. The number of thiocarbonyl (C=S) groups is 1. The summed E-state index contributed by atoms with van der Waals surface area (Å²) >= 11 is 5.07. The molecule has 1 aromatic rings. The summed E-state index contributed by atoms with van der Waals surface area (Å²) in [6.07, 6.45) is 0.252. The Morgan fingerprint density at radius 3 is 2.60 bits per heavy atom. The first-order chi connectivity index (χ1) is 9.30. The Kier molecular flexibility index (Phi) is 5.76. The van der Waals surface area contributed by atoms with E-state index in [4.69, 9.17) is 17.0 Å². The third-order valence-corrected chi connectivity index (χ3v) is 2.51. The van der Waals surface area contributed by atoms with Crippen LogP contribution in [0.25, 0.3) is 0 Å². The van der Waals surface area contributed by atoms with Crippen LogP contribution in [0.4, 0.5) is 0 Å².